The molecule has 2 N–H and O–H groups in total. The summed E-state index contributed by atoms with van der Waals surface area (Å²) < 4.78 is 25.9. The molecule has 2 atom stereocenters. The summed E-state index contributed by atoms with van der Waals surface area (Å²) >= 11 is 0.943. The topological polar surface area (TPSA) is 118 Å². The molecule has 202 valence electrons. The van der Waals surface area contributed by atoms with E-state index < -0.39 is 33.1 Å². The van der Waals surface area contributed by atoms with E-state index in [1.165, 1.54) is 35.7 Å². The van der Waals surface area contributed by atoms with Gasteiger partial charge in [-0.05, 0) is 101 Å². The number of nitrogens with zero attached hydrogens (tertiary/aromatic N) is 2. The second-order valence-electron chi connectivity index (χ2n) is 11.6. The molecule has 2 aromatic rings. The van der Waals surface area contributed by atoms with Crippen molar-refractivity contribution < 1.29 is 23.6 Å². The quantitative estimate of drug-likeness (QED) is 0.479. The van der Waals surface area contributed by atoms with Gasteiger partial charge in [0.25, 0.3) is 5.91 Å². The average Bonchev–Trinajstić information content (AvgIpc) is 3.26. The minimum Gasteiger partial charge on any atom is -0.443 e. The van der Waals surface area contributed by atoms with Crippen molar-refractivity contribution in [1.29, 1.82) is 0 Å². The van der Waals surface area contributed by atoms with Crippen LogP contribution in [0.3, 0.4) is 0 Å². The zero-order valence-corrected chi connectivity index (χ0v) is 24.1. The van der Waals surface area contributed by atoms with Crippen molar-refractivity contribution in [2.45, 2.75) is 101 Å². The lowest BCUT2D eigenvalue weighted by molar-refractivity contribution is -0.117. The Labute approximate surface area is 223 Å². The number of carbonyl (C=O) groups excluding carboxylic acids is 2. The number of aryl methyl sites for hydroxylation is 1. The average molecular weight is 548 g/mol. The second kappa shape index (κ2) is 10.1. The van der Waals surface area contributed by atoms with Crippen molar-refractivity contribution in [2.24, 2.45) is 10.3 Å². The van der Waals surface area contributed by atoms with E-state index in [0.29, 0.717) is 16.8 Å². The Morgan fingerprint density at radius 3 is 2.54 bits per heavy atom. The predicted octanol–water partition coefficient (Wildman–Crippen LogP) is 5.41. The fourth-order valence-electron chi connectivity index (χ4n) is 4.77. The van der Waals surface area contributed by atoms with Gasteiger partial charge in [-0.3, -0.25) is 4.79 Å². The third-order valence-corrected chi connectivity index (χ3v) is 10.3. The molecule has 0 radical (unpaired) electrons. The van der Waals surface area contributed by atoms with E-state index in [9.17, 15) is 18.9 Å². The van der Waals surface area contributed by atoms with Gasteiger partial charge in [-0.15, -0.1) is 15.7 Å². The maximum atomic E-state index is 14.1. The molecule has 0 aliphatic heterocycles. The van der Waals surface area contributed by atoms with Crippen LogP contribution in [0, 0.1) is 5.92 Å². The molecule has 2 amide bonds. The lowest BCUT2D eigenvalue weighted by atomic mass is 9.86. The zero-order chi connectivity index (χ0) is 27.2. The van der Waals surface area contributed by atoms with Crippen LogP contribution >= 0.6 is 11.3 Å². The fraction of sp³-hybridized carbons (Fsp3) is 0.593. The second-order valence-corrected chi connectivity index (χ2v) is 14.8. The summed E-state index contributed by atoms with van der Waals surface area (Å²) in [7, 11) is -3.75. The fourth-order valence-corrected chi connectivity index (χ4v) is 7.40. The van der Waals surface area contributed by atoms with Crippen LogP contribution < -0.4 is 4.72 Å². The molecule has 10 heteroatoms. The van der Waals surface area contributed by atoms with Gasteiger partial charge in [0.1, 0.15) is 20.4 Å². The molecule has 2 aliphatic rings. The molecule has 4 rings (SSSR count). The van der Waals surface area contributed by atoms with Crippen molar-refractivity contribution >= 4 is 33.3 Å². The highest BCUT2D eigenvalue weighted by atomic mass is 32.2. The van der Waals surface area contributed by atoms with Crippen LogP contribution in [0.1, 0.15) is 94.0 Å². The predicted molar refractivity (Wildman–Crippen MR) is 144 cm³/mol. The number of aromatic nitrogens is 1. The first-order valence-corrected chi connectivity index (χ1v) is 15.1. The standard InChI is InChI=1S/C27H37N3O5S2/c1-16(17-10-11-17)19-13-12-18-8-7-9-20(18)21(19)14-22(31)29-37(34,30-25(32)35-26(2,3)4)23-15-28-24(36-23)27(5,6)33/h12-13,15-17,33H,7-11,14H2,1-6H3,(H,29,30,31,32,34)/t16-,37?/m0/s1. The molecular formula is C27H37N3O5S2. The summed E-state index contributed by atoms with van der Waals surface area (Å²) in [5.41, 5.74) is 2.52. The highest BCUT2D eigenvalue weighted by Gasteiger charge is 2.33. The summed E-state index contributed by atoms with van der Waals surface area (Å²) in [5, 5.41) is 10.6. The number of carbonyl (C=O) groups is 2. The summed E-state index contributed by atoms with van der Waals surface area (Å²) in [5.74, 6) is 0.387. The first-order valence-electron chi connectivity index (χ1n) is 12.8. The molecule has 1 heterocycles. The Morgan fingerprint density at radius 2 is 1.95 bits per heavy atom. The van der Waals surface area contributed by atoms with E-state index in [-0.39, 0.29) is 10.6 Å². The Morgan fingerprint density at radius 1 is 1.24 bits per heavy atom. The van der Waals surface area contributed by atoms with Gasteiger partial charge in [0, 0.05) is 0 Å². The van der Waals surface area contributed by atoms with Crippen molar-refractivity contribution in [3.8, 4) is 0 Å². The number of fused-ring (bicyclic) bond motifs is 1. The molecule has 1 aromatic heterocycles. The van der Waals surface area contributed by atoms with E-state index >= 15 is 0 Å². The normalized spacial score (nSPS) is 18.0. The van der Waals surface area contributed by atoms with Crippen LogP contribution in [0.25, 0.3) is 0 Å². The molecule has 0 bridgehead atoms. The van der Waals surface area contributed by atoms with Crippen LogP contribution in [-0.2, 0) is 44.3 Å². The Hall–Kier alpha value is -2.30. The highest BCUT2D eigenvalue weighted by molar-refractivity contribution is 7.94. The summed E-state index contributed by atoms with van der Waals surface area (Å²) in [4.78, 5) is 30.2. The number of benzene rings is 1. The molecule has 1 aromatic carbocycles. The number of aliphatic hydroxyl groups is 1. The van der Waals surface area contributed by atoms with Crippen molar-refractivity contribution in [2.75, 3.05) is 0 Å². The molecule has 2 aliphatic carbocycles. The molecule has 1 fully saturated rings. The third-order valence-electron chi connectivity index (χ3n) is 6.72. The highest BCUT2D eigenvalue weighted by Crippen LogP contribution is 2.45. The van der Waals surface area contributed by atoms with Crippen LogP contribution in [0.2, 0.25) is 0 Å². The maximum absolute atomic E-state index is 14.1. The van der Waals surface area contributed by atoms with E-state index in [2.05, 4.69) is 33.1 Å². The molecule has 1 unspecified atom stereocenters. The molecule has 8 nitrogen and oxygen atoms in total. The van der Waals surface area contributed by atoms with Crippen molar-refractivity contribution in [1.82, 2.24) is 9.71 Å². The Kier molecular flexibility index (Phi) is 7.58. The summed E-state index contributed by atoms with van der Waals surface area (Å²) in [6.45, 7) is 10.4. The third kappa shape index (κ3) is 6.59. The van der Waals surface area contributed by atoms with Gasteiger partial charge in [-0.1, -0.05) is 19.1 Å². The van der Waals surface area contributed by atoms with Gasteiger partial charge in [0.05, 0.1) is 12.6 Å². The monoisotopic (exact) mass is 547 g/mol. The minimum atomic E-state index is -3.75. The summed E-state index contributed by atoms with van der Waals surface area (Å²) in [6, 6.07) is 4.33. The molecule has 0 spiro atoms. The van der Waals surface area contributed by atoms with E-state index in [1.807, 2.05) is 0 Å². The van der Waals surface area contributed by atoms with Crippen molar-refractivity contribution in [3.05, 3.63) is 45.6 Å². The smallest absolute Gasteiger partial charge is 0.420 e. The number of hydrogen-bond donors (Lipinski definition) is 2. The zero-order valence-electron chi connectivity index (χ0n) is 22.4. The Bertz CT molecular complexity index is 1320. The molecule has 37 heavy (non-hydrogen) atoms. The van der Waals surface area contributed by atoms with E-state index in [4.69, 9.17) is 4.74 Å². The molecule has 1 saturated carbocycles. The first-order chi connectivity index (χ1) is 17.2. The lowest BCUT2D eigenvalue weighted by Crippen LogP contribution is -2.36. The number of hydrogen-bond acceptors (Lipinski definition) is 7. The number of rotatable bonds is 7. The van der Waals surface area contributed by atoms with Crippen LogP contribution in [0.4, 0.5) is 4.79 Å². The van der Waals surface area contributed by atoms with Crippen LogP contribution in [0.15, 0.2) is 26.9 Å². The number of thiazole rings is 1. The SMILES string of the molecule is C[C@H](c1ccc2c(c1CC(=O)N=S(=O)(NC(=O)OC(C)(C)C)c1cnc(C(C)(C)O)s1)CCC2)C1CC1. The van der Waals surface area contributed by atoms with Gasteiger partial charge in [-0.25, -0.2) is 18.7 Å². The summed E-state index contributed by atoms with van der Waals surface area (Å²) in [6.07, 6.45) is 5.69. The first kappa shape index (κ1) is 27.7. The molecule has 0 saturated heterocycles. The van der Waals surface area contributed by atoms with Gasteiger partial charge in [-0.2, -0.15) is 0 Å². The van der Waals surface area contributed by atoms with Crippen molar-refractivity contribution in [3.63, 3.8) is 0 Å². The van der Waals surface area contributed by atoms with E-state index in [0.717, 1.165) is 36.2 Å². The minimum absolute atomic E-state index is 0.0136. The van der Waals surface area contributed by atoms with Gasteiger partial charge >= 0.3 is 6.09 Å². The number of amides is 2. The van der Waals surface area contributed by atoms with Gasteiger partial charge < -0.3 is 9.84 Å². The van der Waals surface area contributed by atoms with Crippen LogP contribution in [0.5, 0.6) is 0 Å². The van der Waals surface area contributed by atoms with Crippen LogP contribution in [-0.4, -0.2) is 31.9 Å². The Balaban J connectivity index is 1.72. The van der Waals surface area contributed by atoms with Gasteiger partial charge in [0.2, 0.25) is 0 Å². The van der Waals surface area contributed by atoms with E-state index in [1.54, 1.807) is 34.6 Å². The largest absolute Gasteiger partial charge is 0.443 e. The maximum Gasteiger partial charge on any atom is 0.420 e. The van der Waals surface area contributed by atoms with Gasteiger partial charge in [0.15, 0.2) is 9.92 Å². The molecular weight excluding hydrogens is 510 g/mol. The number of ether oxygens (including phenoxy) is 1. The number of nitrogens with one attached hydrogen (secondary N) is 1. The lowest BCUT2D eigenvalue weighted by Gasteiger charge is -2.21.